The Balaban J connectivity index is 1.89. The predicted molar refractivity (Wildman–Crippen MR) is 66.6 cm³/mol. The van der Waals surface area contributed by atoms with Crippen molar-refractivity contribution in [2.75, 3.05) is 0 Å². The summed E-state index contributed by atoms with van der Waals surface area (Å²) in [6.45, 7) is 6.47. The number of aromatic nitrogens is 2. The molecule has 1 aromatic rings. The van der Waals surface area contributed by atoms with Crippen molar-refractivity contribution in [2.24, 2.45) is 0 Å². The predicted octanol–water partition coefficient (Wildman–Crippen LogP) is 1.59. The van der Waals surface area contributed by atoms with Gasteiger partial charge < -0.3 is 9.88 Å². The van der Waals surface area contributed by atoms with Crippen LogP contribution in [0.1, 0.15) is 30.8 Å². The first-order chi connectivity index (χ1) is 8.19. The first kappa shape index (κ1) is 11.9. The fourth-order valence-electron chi connectivity index (χ4n) is 2.24. The first-order valence-corrected chi connectivity index (χ1v) is 6.12. The van der Waals surface area contributed by atoms with Crippen molar-refractivity contribution in [1.29, 1.82) is 0 Å². The standard InChI is InChI=1S/C13H19N3O/c1-3-4-5-13(17)15-11-6-7-12-14-10(2)8-16(12)9-11/h3,8,11H,1,4-7,9H2,2H3,(H,15,17)/t11-/m0/s1. The van der Waals surface area contributed by atoms with Gasteiger partial charge in [-0.3, -0.25) is 4.79 Å². The van der Waals surface area contributed by atoms with Crippen LogP contribution in [-0.2, 0) is 17.8 Å². The molecule has 0 saturated heterocycles. The fraction of sp³-hybridized carbons (Fsp3) is 0.538. The number of hydrogen-bond acceptors (Lipinski definition) is 2. The van der Waals surface area contributed by atoms with Gasteiger partial charge in [-0.15, -0.1) is 6.58 Å². The average molecular weight is 233 g/mol. The lowest BCUT2D eigenvalue weighted by atomic mass is 10.1. The SMILES string of the molecule is C=CCCC(=O)N[C@H]1CCc2nc(C)cn2C1. The van der Waals surface area contributed by atoms with Crippen molar-refractivity contribution < 1.29 is 4.79 Å². The zero-order chi connectivity index (χ0) is 12.3. The molecule has 0 aromatic carbocycles. The quantitative estimate of drug-likeness (QED) is 0.803. The Labute approximate surface area is 102 Å². The molecule has 4 heteroatoms. The summed E-state index contributed by atoms with van der Waals surface area (Å²) < 4.78 is 2.15. The molecule has 4 nitrogen and oxygen atoms in total. The largest absolute Gasteiger partial charge is 0.352 e. The van der Waals surface area contributed by atoms with E-state index in [1.807, 2.05) is 6.92 Å². The highest BCUT2D eigenvalue weighted by atomic mass is 16.1. The number of carbonyl (C=O) groups excluding carboxylic acids is 1. The number of aryl methyl sites for hydroxylation is 2. The molecular formula is C13H19N3O. The summed E-state index contributed by atoms with van der Waals surface area (Å²) in [7, 11) is 0. The number of fused-ring (bicyclic) bond motifs is 1. The Morgan fingerprint density at radius 1 is 1.76 bits per heavy atom. The number of carbonyl (C=O) groups is 1. The van der Waals surface area contributed by atoms with E-state index in [1.165, 1.54) is 0 Å². The lowest BCUT2D eigenvalue weighted by Crippen LogP contribution is -2.40. The van der Waals surface area contributed by atoms with Gasteiger partial charge in [0.1, 0.15) is 5.82 Å². The minimum atomic E-state index is 0.121. The molecule has 1 N–H and O–H groups in total. The van der Waals surface area contributed by atoms with Gasteiger partial charge in [0.2, 0.25) is 5.91 Å². The maximum Gasteiger partial charge on any atom is 0.220 e. The summed E-state index contributed by atoms with van der Waals surface area (Å²) in [6.07, 6.45) is 7.04. The van der Waals surface area contributed by atoms with Gasteiger partial charge >= 0.3 is 0 Å². The second kappa shape index (κ2) is 5.17. The van der Waals surface area contributed by atoms with Crippen LogP contribution in [0.2, 0.25) is 0 Å². The van der Waals surface area contributed by atoms with Crippen molar-refractivity contribution in [1.82, 2.24) is 14.9 Å². The summed E-state index contributed by atoms with van der Waals surface area (Å²) in [5.74, 6) is 1.26. The molecule has 2 rings (SSSR count). The molecule has 0 radical (unpaired) electrons. The molecule has 1 amide bonds. The Morgan fingerprint density at radius 3 is 3.35 bits per heavy atom. The molecule has 1 atom stereocenters. The molecule has 1 aromatic heterocycles. The van der Waals surface area contributed by atoms with E-state index in [1.54, 1.807) is 6.08 Å². The van der Waals surface area contributed by atoms with Gasteiger partial charge in [0, 0.05) is 31.6 Å². The molecule has 0 fully saturated rings. The summed E-state index contributed by atoms with van der Waals surface area (Å²) in [5, 5.41) is 3.07. The molecule has 17 heavy (non-hydrogen) atoms. The van der Waals surface area contributed by atoms with Crippen molar-refractivity contribution in [2.45, 2.75) is 45.2 Å². The van der Waals surface area contributed by atoms with E-state index in [4.69, 9.17) is 0 Å². The van der Waals surface area contributed by atoms with E-state index >= 15 is 0 Å². The van der Waals surface area contributed by atoms with Crippen LogP contribution in [-0.4, -0.2) is 21.5 Å². The Hall–Kier alpha value is -1.58. The third-order valence-electron chi connectivity index (χ3n) is 3.05. The smallest absolute Gasteiger partial charge is 0.220 e. The fourth-order valence-corrected chi connectivity index (χ4v) is 2.24. The van der Waals surface area contributed by atoms with Crippen LogP contribution < -0.4 is 5.32 Å². The summed E-state index contributed by atoms with van der Waals surface area (Å²) in [6, 6.07) is 0.244. The van der Waals surface area contributed by atoms with Crippen LogP contribution in [0.5, 0.6) is 0 Å². The van der Waals surface area contributed by atoms with Crippen LogP contribution in [0.4, 0.5) is 0 Å². The van der Waals surface area contributed by atoms with E-state index in [0.29, 0.717) is 6.42 Å². The molecule has 0 unspecified atom stereocenters. The van der Waals surface area contributed by atoms with Crippen LogP contribution >= 0.6 is 0 Å². The minimum absolute atomic E-state index is 0.121. The maximum atomic E-state index is 11.6. The highest BCUT2D eigenvalue weighted by Crippen LogP contribution is 2.15. The van der Waals surface area contributed by atoms with Crippen molar-refractivity contribution in [3.63, 3.8) is 0 Å². The Morgan fingerprint density at radius 2 is 2.59 bits per heavy atom. The molecular weight excluding hydrogens is 214 g/mol. The van der Waals surface area contributed by atoms with Gasteiger partial charge in [-0.2, -0.15) is 0 Å². The van der Waals surface area contributed by atoms with Gasteiger partial charge in [-0.25, -0.2) is 4.98 Å². The van der Waals surface area contributed by atoms with Gasteiger partial charge in [-0.05, 0) is 19.8 Å². The Bertz CT molecular complexity index is 422. The monoisotopic (exact) mass is 233 g/mol. The Kier molecular flexibility index (Phi) is 3.61. The summed E-state index contributed by atoms with van der Waals surface area (Å²) in [5.41, 5.74) is 1.05. The van der Waals surface area contributed by atoms with E-state index < -0.39 is 0 Å². The van der Waals surface area contributed by atoms with Crippen LogP contribution in [0.15, 0.2) is 18.9 Å². The summed E-state index contributed by atoms with van der Waals surface area (Å²) >= 11 is 0. The van der Waals surface area contributed by atoms with Gasteiger partial charge in [0.25, 0.3) is 0 Å². The number of imidazole rings is 1. The zero-order valence-corrected chi connectivity index (χ0v) is 10.3. The third-order valence-corrected chi connectivity index (χ3v) is 3.05. The molecule has 2 heterocycles. The highest BCUT2D eigenvalue weighted by molar-refractivity contribution is 5.76. The second-order valence-corrected chi connectivity index (χ2v) is 4.58. The van der Waals surface area contributed by atoms with Crippen LogP contribution in [0, 0.1) is 6.92 Å². The van der Waals surface area contributed by atoms with Crippen molar-refractivity contribution in [3.05, 3.63) is 30.4 Å². The maximum absolute atomic E-state index is 11.6. The number of nitrogens with zero attached hydrogens (tertiary/aromatic N) is 2. The highest BCUT2D eigenvalue weighted by Gasteiger charge is 2.20. The van der Waals surface area contributed by atoms with Crippen LogP contribution in [0.3, 0.4) is 0 Å². The van der Waals surface area contributed by atoms with E-state index in [2.05, 4.69) is 27.6 Å². The minimum Gasteiger partial charge on any atom is -0.352 e. The topological polar surface area (TPSA) is 46.9 Å². The van der Waals surface area contributed by atoms with Crippen molar-refractivity contribution >= 4 is 5.91 Å². The van der Waals surface area contributed by atoms with E-state index in [-0.39, 0.29) is 11.9 Å². The number of amides is 1. The molecule has 0 aliphatic carbocycles. The number of nitrogens with one attached hydrogen (secondary N) is 1. The first-order valence-electron chi connectivity index (χ1n) is 6.12. The molecule has 0 saturated carbocycles. The molecule has 1 aliphatic rings. The lowest BCUT2D eigenvalue weighted by molar-refractivity contribution is -0.121. The van der Waals surface area contributed by atoms with E-state index in [0.717, 1.165) is 37.3 Å². The second-order valence-electron chi connectivity index (χ2n) is 4.58. The van der Waals surface area contributed by atoms with Crippen LogP contribution in [0.25, 0.3) is 0 Å². The van der Waals surface area contributed by atoms with Crippen molar-refractivity contribution in [3.8, 4) is 0 Å². The van der Waals surface area contributed by atoms with Gasteiger partial charge in [0.15, 0.2) is 0 Å². The average Bonchev–Trinajstić information content (AvgIpc) is 2.65. The van der Waals surface area contributed by atoms with Gasteiger partial charge in [-0.1, -0.05) is 6.08 Å². The number of rotatable bonds is 4. The molecule has 1 aliphatic heterocycles. The lowest BCUT2D eigenvalue weighted by Gasteiger charge is -2.24. The number of allylic oxidation sites excluding steroid dienone is 1. The summed E-state index contributed by atoms with van der Waals surface area (Å²) in [4.78, 5) is 16.1. The zero-order valence-electron chi connectivity index (χ0n) is 10.3. The normalized spacial score (nSPS) is 18.5. The van der Waals surface area contributed by atoms with E-state index in [9.17, 15) is 4.79 Å². The third kappa shape index (κ3) is 2.96. The molecule has 92 valence electrons. The molecule has 0 spiro atoms. The number of hydrogen-bond donors (Lipinski definition) is 1. The van der Waals surface area contributed by atoms with Gasteiger partial charge in [0.05, 0.1) is 5.69 Å². The molecule has 0 bridgehead atoms.